The first kappa shape index (κ1) is 20.8. The van der Waals surface area contributed by atoms with Crippen LogP contribution in [0.25, 0.3) is 0 Å². The van der Waals surface area contributed by atoms with Crippen LogP contribution in [0.4, 0.5) is 5.69 Å². The van der Waals surface area contributed by atoms with E-state index in [1.807, 2.05) is 49.4 Å². The molecule has 3 N–H and O–H groups in total. The average molecular weight is 380 g/mol. The van der Waals surface area contributed by atoms with Crippen molar-refractivity contribution in [2.75, 3.05) is 5.32 Å². The van der Waals surface area contributed by atoms with E-state index in [0.29, 0.717) is 17.9 Å². The number of carbonyl (C=O) groups is 3. The second-order valence-electron chi connectivity index (χ2n) is 6.23. The highest BCUT2D eigenvalue weighted by Crippen LogP contribution is 2.09. The van der Waals surface area contributed by atoms with Crippen LogP contribution < -0.4 is 16.1 Å². The van der Waals surface area contributed by atoms with Crippen LogP contribution in [-0.4, -0.2) is 23.4 Å². The third-order valence-electron chi connectivity index (χ3n) is 3.92. The van der Waals surface area contributed by atoms with Crippen LogP contribution in [-0.2, 0) is 27.3 Å². The fourth-order valence-corrected chi connectivity index (χ4v) is 2.34. The van der Waals surface area contributed by atoms with Gasteiger partial charge in [-0.05, 0) is 36.6 Å². The Labute approximate surface area is 164 Å². The molecule has 0 unspecified atom stereocenters. The Morgan fingerprint density at radius 2 is 1.57 bits per heavy atom. The van der Waals surface area contributed by atoms with Crippen LogP contribution >= 0.6 is 0 Å². The zero-order valence-electron chi connectivity index (χ0n) is 16.0. The summed E-state index contributed by atoms with van der Waals surface area (Å²) in [5.74, 6) is -1.95. The first-order valence-corrected chi connectivity index (χ1v) is 9.02. The molecule has 146 valence electrons. The van der Waals surface area contributed by atoms with E-state index in [4.69, 9.17) is 0 Å². The Bertz CT molecular complexity index is 846. The lowest BCUT2D eigenvalue weighted by atomic mass is 10.1. The fraction of sp³-hybridized carbons (Fsp3) is 0.238. The average Bonchev–Trinajstić information content (AvgIpc) is 2.71. The molecule has 2 aromatic carbocycles. The Morgan fingerprint density at radius 1 is 0.893 bits per heavy atom. The van der Waals surface area contributed by atoms with Gasteiger partial charge in [0, 0.05) is 17.9 Å². The van der Waals surface area contributed by atoms with E-state index < -0.39 is 11.8 Å². The summed E-state index contributed by atoms with van der Waals surface area (Å²) in [6, 6.07) is 16.7. The molecule has 2 rings (SSSR count). The standard InChI is InChI=1S/C21H24N4O3/c1-3-16-9-11-18(12-10-16)23-20(27)21(28)25-24-15(2)13-19(26)22-14-17-7-5-4-6-8-17/h4-12H,3,13-14H2,1-2H3,(H,22,26)(H,23,27)(H,25,28). The number of benzene rings is 2. The number of hydrogen-bond donors (Lipinski definition) is 3. The van der Waals surface area contributed by atoms with Crippen molar-refractivity contribution in [3.63, 3.8) is 0 Å². The minimum atomic E-state index is -0.899. The van der Waals surface area contributed by atoms with Crippen LogP contribution in [0.3, 0.4) is 0 Å². The number of carbonyl (C=O) groups excluding carboxylic acids is 3. The van der Waals surface area contributed by atoms with E-state index in [2.05, 4.69) is 21.2 Å². The molecule has 0 atom stereocenters. The number of amides is 3. The second-order valence-corrected chi connectivity index (χ2v) is 6.23. The van der Waals surface area contributed by atoms with Gasteiger partial charge in [0.15, 0.2) is 0 Å². The Hall–Kier alpha value is -3.48. The summed E-state index contributed by atoms with van der Waals surface area (Å²) in [4.78, 5) is 35.6. The molecule has 0 spiro atoms. The summed E-state index contributed by atoms with van der Waals surface area (Å²) >= 11 is 0. The van der Waals surface area contributed by atoms with Crippen LogP contribution in [0.2, 0.25) is 0 Å². The van der Waals surface area contributed by atoms with E-state index in [1.54, 1.807) is 19.1 Å². The number of nitrogens with one attached hydrogen (secondary N) is 3. The van der Waals surface area contributed by atoms with Crippen molar-refractivity contribution in [2.45, 2.75) is 33.2 Å². The van der Waals surface area contributed by atoms with Crippen molar-refractivity contribution in [1.29, 1.82) is 0 Å². The molecule has 0 aliphatic heterocycles. The first-order chi connectivity index (χ1) is 13.5. The van der Waals surface area contributed by atoms with Crippen LogP contribution in [0.15, 0.2) is 59.7 Å². The molecule has 0 heterocycles. The van der Waals surface area contributed by atoms with Gasteiger partial charge >= 0.3 is 11.8 Å². The van der Waals surface area contributed by atoms with Crippen molar-refractivity contribution >= 4 is 29.1 Å². The Morgan fingerprint density at radius 3 is 2.21 bits per heavy atom. The van der Waals surface area contributed by atoms with Crippen molar-refractivity contribution in [2.24, 2.45) is 5.10 Å². The second kappa shape index (κ2) is 10.6. The van der Waals surface area contributed by atoms with Crippen molar-refractivity contribution in [3.8, 4) is 0 Å². The quantitative estimate of drug-likeness (QED) is 0.391. The zero-order chi connectivity index (χ0) is 20.4. The van der Waals surface area contributed by atoms with Gasteiger partial charge in [0.25, 0.3) is 0 Å². The molecule has 0 radical (unpaired) electrons. The predicted molar refractivity (Wildman–Crippen MR) is 109 cm³/mol. The molecule has 7 heteroatoms. The summed E-state index contributed by atoms with van der Waals surface area (Å²) < 4.78 is 0. The molecule has 0 bridgehead atoms. The molecule has 0 saturated carbocycles. The monoisotopic (exact) mass is 380 g/mol. The van der Waals surface area contributed by atoms with Gasteiger partial charge in [0.05, 0.1) is 6.42 Å². The van der Waals surface area contributed by atoms with Gasteiger partial charge < -0.3 is 10.6 Å². The van der Waals surface area contributed by atoms with Gasteiger partial charge in [-0.25, -0.2) is 5.43 Å². The van der Waals surface area contributed by atoms with E-state index in [0.717, 1.165) is 17.5 Å². The topological polar surface area (TPSA) is 99.7 Å². The smallest absolute Gasteiger partial charge is 0.329 e. The molecular weight excluding hydrogens is 356 g/mol. The van der Waals surface area contributed by atoms with Gasteiger partial charge in [0.2, 0.25) is 5.91 Å². The lowest BCUT2D eigenvalue weighted by molar-refractivity contribution is -0.136. The highest BCUT2D eigenvalue weighted by Gasteiger charge is 2.13. The van der Waals surface area contributed by atoms with E-state index >= 15 is 0 Å². The third kappa shape index (κ3) is 7.03. The van der Waals surface area contributed by atoms with Crippen LogP contribution in [0.5, 0.6) is 0 Å². The van der Waals surface area contributed by atoms with Gasteiger partial charge in [0.1, 0.15) is 0 Å². The lowest BCUT2D eigenvalue weighted by Gasteiger charge is -2.06. The van der Waals surface area contributed by atoms with E-state index in [-0.39, 0.29) is 12.3 Å². The van der Waals surface area contributed by atoms with Crippen LogP contribution in [0, 0.1) is 0 Å². The summed E-state index contributed by atoms with van der Waals surface area (Å²) in [6.45, 7) is 4.05. The highest BCUT2D eigenvalue weighted by molar-refractivity contribution is 6.39. The van der Waals surface area contributed by atoms with Gasteiger partial charge in [-0.3, -0.25) is 14.4 Å². The largest absolute Gasteiger partial charge is 0.352 e. The van der Waals surface area contributed by atoms with Crippen molar-refractivity contribution < 1.29 is 14.4 Å². The SMILES string of the molecule is CCc1ccc(NC(=O)C(=O)NN=C(C)CC(=O)NCc2ccccc2)cc1. The summed E-state index contributed by atoms with van der Waals surface area (Å²) in [5.41, 5.74) is 5.20. The van der Waals surface area contributed by atoms with Gasteiger partial charge in [-0.2, -0.15) is 5.10 Å². The minimum absolute atomic E-state index is 0.0210. The van der Waals surface area contributed by atoms with Crippen molar-refractivity contribution in [1.82, 2.24) is 10.7 Å². The number of nitrogens with zero attached hydrogens (tertiary/aromatic N) is 1. The molecule has 7 nitrogen and oxygen atoms in total. The molecule has 3 amide bonds. The van der Waals surface area contributed by atoms with Gasteiger partial charge in [-0.15, -0.1) is 0 Å². The number of hydrazone groups is 1. The lowest BCUT2D eigenvalue weighted by Crippen LogP contribution is -2.33. The van der Waals surface area contributed by atoms with E-state index in [9.17, 15) is 14.4 Å². The maximum absolute atomic E-state index is 11.9. The molecule has 0 aliphatic rings. The van der Waals surface area contributed by atoms with Crippen LogP contribution in [0.1, 0.15) is 31.4 Å². The van der Waals surface area contributed by atoms with E-state index in [1.165, 1.54) is 0 Å². The molecular formula is C21H24N4O3. The number of rotatable bonds is 7. The first-order valence-electron chi connectivity index (χ1n) is 9.02. The Kier molecular flexibility index (Phi) is 7.90. The maximum atomic E-state index is 11.9. The number of hydrogen-bond acceptors (Lipinski definition) is 4. The third-order valence-corrected chi connectivity index (χ3v) is 3.92. The minimum Gasteiger partial charge on any atom is -0.352 e. The summed E-state index contributed by atoms with van der Waals surface area (Å²) in [6.07, 6.45) is 0.912. The Balaban J connectivity index is 1.76. The molecule has 28 heavy (non-hydrogen) atoms. The van der Waals surface area contributed by atoms with Crippen molar-refractivity contribution in [3.05, 3.63) is 65.7 Å². The molecule has 0 fully saturated rings. The number of anilines is 1. The maximum Gasteiger partial charge on any atom is 0.329 e. The predicted octanol–water partition coefficient (Wildman–Crippen LogP) is 2.39. The molecule has 0 saturated heterocycles. The number of aryl methyl sites for hydroxylation is 1. The van der Waals surface area contributed by atoms with Gasteiger partial charge in [-0.1, -0.05) is 49.4 Å². The molecule has 0 aromatic heterocycles. The molecule has 0 aliphatic carbocycles. The highest BCUT2D eigenvalue weighted by atomic mass is 16.2. The zero-order valence-corrected chi connectivity index (χ0v) is 16.0. The normalized spacial score (nSPS) is 10.9. The summed E-state index contributed by atoms with van der Waals surface area (Å²) in [7, 11) is 0. The fourth-order valence-electron chi connectivity index (χ4n) is 2.34. The molecule has 2 aromatic rings. The summed E-state index contributed by atoms with van der Waals surface area (Å²) in [5, 5.41) is 9.07.